The maximum atomic E-state index is 12.2. The van der Waals surface area contributed by atoms with E-state index in [1.54, 1.807) is 35.1 Å². The molecule has 0 saturated heterocycles. The number of hydrogen-bond acceptors (Lipinski definition) is 6. The van der Waals surface area contributed by atoms with Crippen LogP contribution in [0.1, 0.15) is 10.4 Å². The molecule has 2 aromatic rings. The Balaban J connectivity index is 2.36. The number of nitrogens with zero attached hydrogens (tertiary/aromatic N) is 1. The molecule has 25 heavy (non-hydrogen) atoms. The van der Waals surface area contributed by atoms with E-state index in [-0.39, 0.29) is 5.75 Å². The molecule has 1 amide bonds. The van der Waals surface area contributed by atoms with Crippen LogP contribution in [0.15, 0.2) is 61.2 Å². The number of nitrogens with one attached hydrogen (secondary N) is 1. The van der Waals surface area contributed by atoms with Crippen LogP contribution in [0.5, 0.6) is 11.5 Å². The van der Waals surface area contributed by atoms with E-state index < -0.39 is 37.9 Å². The van der Waals surface area contributed by atoms with Gasteiger partial charge in [-0.3, -0.25) is 14.9 Å². The molecule has 0 saturated carbocycles. The Labute approximate surface area is 143 Å². The summed E-state index contributed by atoms with van der Waals surface area (Å²) in [6.07, 6.45) is 1.10. The van der Waals surface area contributed by atoms with Crippen molar-refractivity contribution in [3.05, 3.63) is 76.9 Å². The molecule has 8 nitrogen and oxygen atoms in total. The maximum absolute atomic E-state index is 12.2. The number of sulfonamides is 1. The Morgan fingerprint density at radius 3 is 2.48 bits per heavy atom. The van der Waals surface area contributed by atoms with Crippen LogP contribution in [0.25, 0.3) is 0 Å². The number of hydrogen-bond donors (Lipinski definition) is 1. The van der Waals surface area contributed by atoms with Crippen molar-refractivity contribution in [2.45, 2.75) is 0 Å². The fraction of sp³-hybridized carbons (Fsp3) is 0.0625. The molecule has 1 N–H and O–H groups in total. The van der Waals surface area contributed by atoms with Crippen LogP contribution in [-0.2, 0) is 10.0 Å². The van der Waals surface area contributed by atoms with Crippen LogP contribution in [-0.4, -0.2) is 25.0 Å². The Bertz CT molecular complexity index is 909. The fourth-order valence-electron chi connectivity index (χ4n) is 1.94. The van der Waals surface area contributed by atoms with Gasteiger partial charge in [0.25, 0.3) is 11.6 Å². The molecule has 0 heterocycles. The van der Waals surface area contributed by atoms with Crippen molar-refractivity contribution in [1.82, 2.24) is 4.72 Å². The number of benzene rings is 2. The lowest BCUT2D eigenvalue weighted by molar-refractivity contribution is -0.385. The van der Waals surface area contributed by atoms with Gasteiger partial charge in [0.15, 0.2) is 0 Å². The summed E-state index contributed by atoms with van der Waals surface area (Å²) in [4.78, 5) is 22.5. The molecule has 0 aromatic heterocycles. The largest absolute Gasteiger partial charge is 0.457 e. The lowest BCUT2D eigenvalue weighted by Crippen LogP contribution is -2.32. The molecule has 0 aliphatic rings. The van der Waals surface area contributed by atoms with Crippen molar-refractivity contribution in [3.8, 4) is 11.5 Å². The molecule has 0 bridgehead atoms. The number of rotatable bonds is 7. The van der Waals surface area contributed by atoms with Crippen molar-refractivity contribution in [2.75, 3.05) is 5.75 Å². The first-order valence-corrected chi connectivity index (χ1v) is 8.64. The second kappa shape index (κ2) is 7.58. The van der Waals surface area contributed by atoms with Gasteiger partial charge < -0.3 is 4.74 Å². The molecule has 130 valence electrons. The molecule has 0 radical (unpaired) electrons. The summed E-state index contributed by atoms with van der Waals surface area (Å²) < 4.78 is 30.6. The molecule has 0 unspecified atom stereocenters. The first-order chi connectivity index (χ1) is 11.8. The van der Waals surface area contributed by atoms with Gasteiger partial charge in [0, 0.05) is 12.1 Å². The van der Waals surface area contributed by atoms with Crippen molar-refractivity contribution < 1.29 is 22.9 Å². The van der Waals surface area contributed by atoms with Crippen LogP contribution in [0.4, 0.5) is 5.69 Å². The van der Waals surface area contributed by atoms with Gasteiger partial charge in [0.2, 0.25) is 10.0 Å². The quantitative estimate of drug-likeness (QED) is 0.460. The van der Waals surface area contributed by atoms with Crippen molar-refractivity contribution >= 4 is 21.6 Å². The first-order valence-electron chi connectivity index (χ1n) is 6.99. The molecule has 0 fully saturated rings. The van der Waals surface area contributed by atoms with Crippen molar-refractivity contribution in [3.63, 3.8) is 0 Å². The minimum atomic E-state index is -3.97. The second-order valence-corrected chi connectivity index (χ2v) is 6.62. The standard InChI is InChI=1S/C16H14N2O6S/c1-2-10-25(22,23)17-16(19)14-11-13(8-9-15(14)18(20)21)24-12-6-4-3-5-7-12/h2-9,11H,1,10H2,(H,17,19). The monoisotopic (exact) mass is 362 g/mol. The third-order valence-corrected chi connectivity index (χ3v) is 4.14. The maximum Gasteiger partial charge on any atom is 0.282 e. The molecule has 2 rings (SSSR count). The SMILES string of the molecule is C=CCS(=O)(=O)NC(=O)c1cc(Oc2ccccc2)ccc1[N+](=O)[O-]. The number of nitro groups is 1. The number of carbonyl (C=O) groups is 1. The zero-order chi connectivity index (χ0) is 18.4. The summed E-state index contributed by atoms with van der Waals surface area (Å²) in [5.41, 5.74) is -0.960. The van der Waals surface area contributed by atoms with Gasteiger partial charge in [0.1, 0.15) is 17.1 Å². The summed E-state index contributed by atoms with van der Waals surface area (Å²) in [5.74, 6) is -0.996. The van der Waals surface area contributed by atoms with E-state index in [4.69, 9.17) is 4.74 Å². The van der Waals surface area contributed by atoms with E-state index in [1.807, 2.05) is 0 Å². The van der Waals surface area contributed by atoms with E-state index in [0.29, 0.717) is 5.75 Å². The number of para-hydroxylation sites is 1. The van der Waals surface area contributed by atoms with Crippen LogP contribution in [0.2, 0.25) is 0 Å². The zero-order valence-electron chi connectivity index (χ0n) is 12.9. The van der Waals surface area contributed by atoms with Crippen LogP contribution >= 0.6 is 0 Å². The van der Waals surface area contributed by atoms with Gasteiger partial charge in [-0.15, -0.1) is 6.58 Å². The lowest BCUT2D eigenvalue weighted by atomic mass is 10.1. The molecule has 0 atom stereocenters. The number of ether oxygens (including phenoxy) is 1. The van der Waals surface area contributed by atoms with E-state index in [9.17, 15) is 23.3 Å². The summed E-state index contributed by atoms with van der Waals surface area (Å²) in [7, 11) is -3.97. The van der Waals surface area contributed by atoms with Crippen LogP contribution in [0.3, 0.4) is 0 Å². The van der Waals surface area contributed by atoms with Gasteiger partial charge in [-0.25, -0.2) is 13.1 Å². The topological polar surface area (TPSA) is 116 Å². The Hall–Kier alpha value is -3.20. The molecular formula is C16H14N2O6S. The van der Waals surface area contributed by atoms with E-state index in [1.165, 1.54) is 6.07 Å². The Morgan fingerprint density at radius 2 is 1.88 bits per heavy atom. The number of nitro benzene ring substituents is 1. The number of carbonyl (C=O) groups excluding carboxylic acids is 1. The summed E-state index contributed by atoms with van der Waals surface area (Å²) in [6.45, 7) is 3.27. The van der Waals surface area contributed by atoms with Crippen molar-refractivity contribution in [2.24, 2.45) is 0 Å². The highest BCUT2D eigenvalue weighted by Gasteiger charge is 2.24. The van der Waals surface area contributed by atoms with E-state index >= 15 is 0 Å². The van der Waals surface area contributed by atoms with Crippen LogP contribution in [0, 0.1) is 10.1 Å². The predicted molar refractivity (Wildman–Crippen MR) is 91.1 cm³/mol. The zero-order valence-corrected chi connectivity index (χ0v) is 13.7. The smallest absolute Gasteiger partial charge is 0.282 e. The molecule has 0 aliphatic carbocycles. The average molecular weight is 362 g/mol. The molecular weight excluding hydrogens is 348 g/mol. The predicted octanol–water partition coefficient (Wildman–Crippen LogP) is 2.63. The Morgan fingerprint density at radius 1 is 1.20 bits per heavy atom. The highest BCUT2D eigenvalue weighted by molar-refractivity contribution is 7.90. The average Bonchev–Trinajstić information content (AvgIpc) is 2.55. The molecule has 9 heteroatoms. The van der Waals surface area contributed by atoms with Gasteiger partial charge in [-0.1, -0.05) is 24.3 Å². The van der Waals surface area contributed by atoms with Gasteiger partial charge in [0.05, 0.1) is 10.7 Å². The minimum absolute atomic E-state index is 0.156. The van der Waals surface area contributed by atoms with Crippen LogP contribution < -0.4 is 9.46 Å². The van der Waals surface area contributed by atoms with Gasteiger partial charge in [-0.2, -0.15) is 0 Å². The second-order valence-electron chi connectivity index (χ2n) is 4.85. The van der Waals surface area contributed by atoms with E-state index in [2.05, 4.69) is 6.58 Å². The minimum Gasteiger partial charge on any atom is -0.457 e. The van der Waals surface area contributed by atoms with Crippen molar-refractivity contribution in [1.29, 1.82) is 0 Å². The van der Waals surface area contributed by atoms with Gasteiger partial charge in [-0.05, 0) is 18.2 Å². The molecule has 2 aromatic carbocycles. The highest BCUT2D eigenvalue weighted by atomic mass is 32.2. The number of amides is 1. The van der Waals surface area contributed by atoms with Gasteiger partial charge >= 0.3 is 0 Å². The highest BCUT2D eigenvalue weighted by Crippen LogP contribution is 2.27. The summed E-state index contributed by atoms with van der Waals surface area (Å²) in [5, 5.41) is 11.1. The Kier molecular flexibility index (Phi) is 5.50. The summed E-state index contributed by atoms with van der Waals surface area (Å²) >= 11 is 0. The third-order valence-electron chi connectivity index (χ3n) is 2.97. The molecule has 0 aliphatic heterocycles. The first kappa shape index (κ1) is 18.1. The third kappa shape index (κ3) is 4.88. The summed E-state index contributed by atoms with van der Waals surface area (Å²) in [6, 6.07) is 12.1. The lowest BCUT2D eigenvalue weighted by Gasteiger charge is -2.09. The normalized spacial score (nSPS) is 10.7. The molecule has 0 spiro atoms. The van der Waals surface area contributed by atoms with E-state index in [0.717, 1.165) is 18.2 Å². The fourth-order valence-corrected chi connectivity index (χ4v) is 2.72.